The Morgan fingerprint density at radius 2 is 2.13 bits per heavy atom. The summed E-state index contributed by atoms with van der Waals surface area (Å²) in [7, 11) is 1.56. The van der Waals surface area contributed by atoms with Gasteiger partial charge in [0.1, 0.15) is 11.9 Å². The molecule has 0 spiro atoms. The molecule has 1 aromatic heterocycles. The number of aryl methyl sites for hydroxylation is 1. The Morgan fingerprint density at radius 3 is 2.70 bits per heavy atom. The quantitative estimate of drug-likeness (QED) is 0.753. The van der Waals surface area contributed by atoms with Crippen LogP contribution in [0.25, 0.3) is 0 Å². The number of nitrogens with one attached hydrogen (secondary N) is 1. The molecule has 0 saturated carbocycles. The Bertz CT molecular complexity index is 450. The lowest BCUT2D eigenvalue weighted by Crippen LogP contribution is -2.40. The molecule has 0 radical (unpaired) electrons. The minimum atomic E-state index is -2.36. The fourth-order valence-corrected chi connectivity index (χ4v) is 2.97. The van der Waals surface area contributed by atoms with Crippen LogP contribution < -0.4 is 5.32 Å². The van der Waals surface area contributed by atoms with E-state index in [1.54, 1.807) is 18.2 Å². The number of alkyl halides is 2. The third-order valence-corrected chi connectivity index (χ3v) is 4.28. The van der Waals surface area contributed by atoms with Crippen molar-refractivity contribution in [2.75, 3.05) is 39.8 Å². The second kappa shape index (κ2) is 9.30. The Kier molecular flexibility index (Phi) is 7.39. The van der Waals surface area contributed by atoms with Gasteiger partial charge in [0, 0.05) is 26.6 Å². The van der Waals surface area contributed by atoms with Crippen LogP contribution in [-0.4, -0.2) is 56.1 Å². The summed E-state index contributed by atoms with van der Waals surface area (Å²) in [6.45, 7) is 4.68. The van der Waals surface area contributed by atoms with E-state index in [0.29, 0.717) is 24.9 Å². The molecular weight excluding hydrogens is 304 g/mol. The van der Waals surface area contributed by atoms with E-state index in [1.807, 2.05) is 6.92 Å². The molecule has 1 aliphatic heterocycles. The summed E-state index contributed by atoms with van der Waals surface area (Å²) in [5.41, 5.74) is 0. The van der Waals surface area contributed by atoms with Gasteiger partial charge in [0.15, 0.2) is 0 Å². The Labute approximate surface area is 136 Å². The molecule has 1 fully saturated rings. The monoisotopic (exact) mass is 331 g/mol. The van der Waals surface area contributed by atoms with Crippen LogP contribution in [-0.2, 0) is 11.2 Å². The van der Waals surface area contributed by atoms with Gasteiger partial charge in [-0.3, -0.25) is 4.90 Å². The van der Waals surface area contributed by atoms with Crippen molar-refractivity contribution < 1.29 is 17.9 Å². The van der Waals surface area contributed by atoms with E-state index in [9.17, 15) is 8.78 Å². The summed E-state index contributed by atoms with van der Waals surface area (Å²) in [4.78, 5) is 6.00. The Balaban J connectivity index is 1.98. The van der Waals surface area contributed by atoms with E-state index < -0.39 is 12.5 Å². The second-order valence-electron chi connectivity index (χ2n) is 6.05. The molecule has 1 N–H and O–H groups in total. The van der Waals surface area contributed by atoms with Crippen molar-refractivity contribution in [1.29, 1.82) is 0 Å². The summed E-state index contributed by atoms with van der Waals surface area (Å²) >= 11 is 0. The van der Waals surface area contributed by atoms with Gasteiger partial charge in [-0.1, -0.05) is 6.92 Å². The highest BCUT2D eigenvalue weighted by Crippen LogP contribution is 2.21. The molecule has 0 amide bonds. The molecule has 2 heterocycles. The first-order valence-corrected chi connectivity index (χ1v) is 8.31. The van der Waals surface area contributed by atoms with Gasteiger partial charge in [-0.05, 0) is 31.8 Å². The molecule has 5 nitrogen and oxygen atoms in total. The van der Waals surface area contributed by atoms with Gasteiger partial charge in [-0.15, -0.1) is 0 Å². The van der Waals surface area contributed by atoms with Crippen LogP contribution in [0.15, 0.2) is 10.6 Å². The molecule has 1 atom stereocenters. The molecule has 132 valence electrons. The van der Waals surface area contributed by atoms with Crippen molar-refractivity contribution in [2.24, 2.45) is 5.92 Å². The average Bonchev–Trinajstić information content (AvgIpc) is 3.01. The fourth-order valence-electron chi connectivity index (χ4n) is 2.97. The largest absolute Gasteiger partial charge is 0.443 e. The van der Waals surface area contributed by atoms with E-state index in [-0.39, 0.29) is 6.54 Å². The Morgan fingerprint density at radius 1 is 1.39 bits per heavy atom. The highest BCUT2D eigenvalue weighted by Gasteiger charge is 2.25. The minimum Gasteiger partial charge on any atom is -0.443 e. The van der Waals surface area contributed by atoms with Gasteiger partial charge >= 0.3 is 0 Å². The fraction of sp³-hybridized carbons (Fsp3) is 0.812. The predicted octanol–water partition coefficient (Wildman–Crippen LogP) is 2.49. The van der Waals surface area contributed by atoms with Gasteiger partial charge in [-0.25, -0.2) is 13.8 Å². The number of ether oxygens (including phenoxy) is 1. The van der Waals surface area contributed by atoms with Crippen molar-refractivity contribution in [1.82, 2.24) is 15.2 Å². The normalized spacial score (nSPS) is 18.0. The number of nitrogens with zero attached hydrogens (tertiary/aromatic N) is 2. The van der Waals surface area contributed by atoms with Gasteiger partial charge in [0.05, 0.1) is 12.7 Å². The van der Waals surface area contributed by atoms with Crippen molar-refractivity contribution >= 4 is 0 Å². The number of aromatic nitrogens is 1. The minimum absolute atomic E-state index is 0.245. The number of rotatable bonds is 9. The first kappa shape index (κ1) is 18.3. The topological polar surface area (TPSA) is 50.5 Å². The van der Waals surface area contributed by atoms with Gasteiger partial charge in [0.25, 0.3) is 6.43 Å². The molecule has 7 heteroatoms. The lowest BCUT2D eigenvalue weighted by molar-refractivity contribution is 0.0129. The van der Waals surface area contributed by atoms with E-state index in [4.69, 9.17) is 9.15 Å². The van der Waals surface area contributed by atoms with Crippen LogP contribution >= 0.6 is 0 Å². The van der Waals surface area contributed by atoms with Crippen molar-refractivity contribution in [2.45, 2.75) is 38.7 Å². The third-order valence-electron chi connectivity index (χ3n) is 4.28. The zero-order chi connectivity index (χ0) is 16.7. The molecule has 1 saturated heterocycles. The van der Waals surface area contributed by atoms with E-state index in [1.165, 1.54) is 0 Å². The highest BCUT2D eigenvalue weighted by molar-refractivity contribution is 4.97. The summed E-state index contributed by atoms with van der Waals surface area (Å²) in [6, 6.07) is 0. The number of hydrogen-bond donors (Lipinski definition) is 1. The standard InChI is InChI=1S/C16H27F2N3O2/c1-3-13-8-20-16(23-13)14(22-2)10-21(11-15(17)18)9-12-4-6-19-7-5-12/h8,12,14-15,19H,3-7,9-11H2,1-2H3. The van der Waals surface area contributed by atoms with Gasteiger partial charge < -0.3 is 14.5 Å². The number of halogens is 2. The summed E-state index contributed by atoms with van der Waals surface area (Å²) < 4.78 is 36.9. The molecule has 2 rings (SSSR count). The molecule has 1 aromatic rings. The molecule has 23 heavy (non-hydrogen) atoms. The number of oxazole rings is 1. The van der Waals surface area contributed by atoms with Crippen molar-refractivity contribution in [3.05, 3.63) is 17.8 Å². The average molecular weight is 331 g/mol. The van der Waals surface area contributed by atoms with Gasteiger partial charge in [0.2, 0.25) is 5.89 Å². The Hall–Kier alpha value is -1.05. The first-order chi connectivity index (χ1) is 11.1. The zero-order valence-electron chi connectivity index (χ0n) is 13.9. The molecule has 1 unspecified atom stereocenters. The van der Waals surface area contributed by atoms with E-state index in [2.05, 4.69) is 10.3 Å². The van der Waals surface area contributed by atoms with Crippen LogP contribution in [0.5, 0.6) is 0 Å². The predicted molar refractivity (Wildman–Crippen MR) is 83.7 cm³/mol. The SMILES string of the molecule is CCc1cnc(C(CN(CC(F)F)CC2CCNCC2)OC)o1. The molecule has 0 aromatic carbocycles. The van der Waals surface area contributed by atoms with Crippen LogP contribution in [0.4, 0.5) is 8.78 Å². The zero-order valence-corrected chi connectivity index (χ0v) is 13.9. The summed E-state index contributed by atoms with van der Waals surface area (Å²) in [5, 5.41) is 3.30. The van der Waals surface area contributed by atoms with Gasteiger partial charge in [-0.2, -0.15) is 0 Å². The first-order valence-electron chi connectivity index (χ1n) is 8.31. The molecule has 1 aliphatic rings. The lowest BCUT2D eigenvalue weighted by atomic mass is 9.97. The molecule has 0 bridgehead atoms. The maximum atomic E-state index is 12.9. The molecule has 0 aliphatic carbocycles. The summed E-state index contributed by atoms with van der Waals surface area (Å²) in [6.07, 6.45) is 1.69. The van der Waals surface area contributed by atoms with Crippen LogP contribution in [0, 0.1) is 5.92 Å². The van der Waals surface area contributed by atoms with Crippen molar-refractivity contribution in [3.8, 4) is 0 Å². The maximum absolute atomic E-state index is 12.9. The van der Waals surface area contributed by atoms with E-state index in [0.717, 1.165) is 38.1 Å². The van der Waals surface area contributed by atoms with Crippen molar-refractivity contribution in [3.63, 3.8) is 0 Å². The van der Waals surface area contributed by atoms with E-state index >= 15 is 0 Å². The third kappa shape index (κ3) is 5.82. The number of hydrogen-bond acceptors (Lipinski definition) is 5. The number of piperidine rings is 1. The second-order valence-corrected chi connectivity index (χ2v) is 6.05. The smallest absolute Gasteiger partial charge is 0.251 e. The maximum Gasteiger partial charge on any atom is 0.251 e. The number of methoxy groups -OCH3 is 1. The van der Waals surface area contributed by atoms with Crippen LogP contribution in [0.1, 0.15) is 37.5 Å². The summed E-state index contributed by atoms with van der Waals surface area (Å²) in [5.74, 6) is 1.69. The van der Waals surface area contributed by atoms with Crippen LogP contribution in [0.3, 0.4) is 0 Å². The lowest BCUT2D eigenvalue weighted by Gasteiger charge is -2.31. The highest BCUT2D eigenvalue weighted by atomic mass is 19.3. The van der Waals surface area contributed by atoms with Crippen LogP contribution in [0.2, 0.25) is 0 Å². The molecular formula is C16H27F2N3O2.